The van der Waals surface area contributed by atoms with Gasteiger partial charge in [0.25, 0.3) is 0 Å². The average Bonchev–Trinajstić information content (AvgIpc) is 1.69. The van der Waals surface area contributed by atoms with Gasteiger partial charge in [0, 0.05) is 0 Å². The van der Waals surface area contributed by atoms with Crippen molar-refractivity contribution >= 4 is 30.0 Å². The zero-order chi connectivity index (χ0) is 5.11. The molecule has 0 nitrogen and oxygen atoms in total. The van der Waals surface area contributed by atoms with Crippen molar-refractivity contribution in [2.45, 2.75) is 4.90 Å². The molecule has 0 saturated carbocycles. The van der Waals surface area contributed by atoms with Gasteiger partial charge in [-0.1, -0.05) is 30.3 Å². The van der Waals surface area contributed by atoms with E-state index in [2.05, 4.69) is 0 Å². The molecule has 2 heteroatoms. The standard InChI is InChI=1S/C6H6S.2CH3.Al/c7-6-4-2-1-3-5-6;;;/h1-5,7H;2*1H3;/q;2*-1;+3/p-1. The van der Waals surface area contributed by atoms with Crippen molar-refractivity contribution in [1.29, 1.82) is 0 Å². The van der Waals surface area contributed by atoms with Crippen molar-refractivity contribution < 1.29 is 0 Å². The molecule has 0 radical (unpaired) electrons. The molecule has 0 aliphatic rings. The maximum absolute atomic E-state index is 4.81. The summed E-state index contributed by atoms with van der Waals surface area (Å²) >= 11 is 4.81. The van der Waals surface area contributed by atoms with Crippen LogP contribution in [0.4, 0.5) is 0 Å². The normalized spacial score (nSPS) is 6.00. The molecule has 1 aromatic rings. The fourth-order valence-corrected chi connectivity index (χ4v) is 0.578. The van der Waals surface area contributed by atoms with Crippen LogP contribution in [0.3, 0.4) is 0 Å². The molecule has 1 rings (SSSR count). The van der Waals surface area contributed by atoms with Crippen LogP contribution in [0.5, 0.6) is 0 Å². The van der Waals surface area contributed by atoms with Crippen molar-refractivity contribution in [2.24, 2.45) is 0 Å². The Bertz CT molecular complexity index is 139. The quantitative estimate of drug-likeness (QED) is 0.323. The second kappa shape index (κ2) is 8.97. The third kappa shape index (κ3) is 6.10. The van der Waals surface area contributed by atoms with E-state index in [9.17, 15) is 0 Å². The Kier molecular flexibility index (Phi) is 14.8. The smallest absolute Gasteiger partial charge is 0.780 e. The van der Waals surface area contributed by atoms with Crippen LogP contribution in [0.25, 0.3) is 0 Å². The molecule has 52 valence electrons. The Morgan fingerprint density at radius 2 is 1.30 bits per heavy atom. The minimum Gasteiger partial charge on any atom is -0.780 e. The van der Waals surface area contributed by atoms with Gasteiger partial charge in [-0.05, 0) is 0 Å². The molecule has 10 heavy (non-hydrogen) atoms. The molecule has 0 heterocycles. The van der Waals surface area contributed by atoms with Crippen LogP contribution in [0.2, 0.25) is 0 Å². The predicted molar refractivity (Wildman–Crippen MR) is 50.7 cm³/mol. The maximum atomic E-state index is 4.81. The average molecular weight is 166 g/mol. The van der Waals surface area contributed by atoms with Gasteiger partial charge in [0.15, 0.2) is 0 Å². The third-order valence-electron chi connectivity index (χ3n) is 0.743. The van der Waals surface area contributed by atoms with Crippen molar-refractivity contribution in [1.82, 2.24) is 0 Å². The van der Waals surface area contributed by atoms with E-state index in [1.165, 1.54) is 0 Å². The van der Waals surface area contributed by atoms with Crippen LogP contribution in [0.15, 0.2) is 35.2 Å². The van der Waals surface area contributed by atoms with Crippen LogP contribution in [-0.4, -0.2) is 17.4 Å². The first-order valence-corrected chi connectivity index (χ1v) is 2.52. The molecule has 0 aliphatic carbocycles. The van der Waals surface area contributed by atoms with Gasteiger partial charge in [-0.2, -0.15) is 4.90 Å². The van der Waals surface area contributed by atoms with E-state index in [4.69, 9.17) is 12.6 Å². The van der Waals surface area contributed by atoms with Crippen LogP contribution in [-0.2, 0) is 12.6 Å². The zero-order valence-electron chi connectivity index (χ0n) is 6.37. The number of hydrogen-bond acceptors (Lipinski definition) is 1. The minimum atomic E-state index is 0. The topological polar surface area (TPSA) is 0 Å². The van der Waals surface area contributed by atoms with E-state index in [-0.39, 0.29) is 32.2 Å². The minimum absolute atomic E-state index is 0. The zero-order valence-corrected chi connectivity index (χ0v) is 8.34. The van der Waals surface area contributed by atoms with Crippen molar-refractivity contribution in [2.75, 3.05) is 0 Å². The van der Waals surface area contributed by atoms with E-state index in [0.29, 0.717) is 0 Å². The van der Waals surface area contributed by atoms with Crippen molar-refractivity contribution in [3.05, 3.63) is 45.2 Å². The summed E-state index contributed by atoms with van der Waals surface area (Å²) in [6.45, 7) is 0. The molecular weight excluding hydrogens is 155 g/mol. The molecule has 0 spiro atoms. The molecule has 0 bridgehead atoms. The van der Waals surface area contributed by atoms with Gasteiger partial charge < -0.3 is 27.5 Å². The predicted octanol–water partition coefficient (Wildman–Crippen LogP) is 2.11. The Morgan fingerprint density at radius 1 is 0.900 bits per heavy atom. The summed E-state index contributed by atoms with van der Waals surface area (Å²) in [4.78, 5) is 0.905. The van der Waals surface area contributed by atoms with E-state index in [1.807, 2.05) is 30.3 Å². The molecule has 0 aromatic heterocycles. The summed E-state index contributed by atoms with van der Waals surface area (Å²) in [5.41, 5.74) is 0. The van der Waals surface area contributed by atoms with E-state index in [1.54, 1.807) is 0 Å². The van der Waals surface area contributed by atoms with Gasteiger partial charge in [-0.3, -0.25) is 0 Å². The molecule has 0 aliphatic heterocycles. The number of hydrogen-bond donors (Lipinski definition) is 0. The summed E-state index contributed by atoms with van der Waals surface area (Å²) in [5, 5.41) is 0. The van der Waals surface area contributed by atoms with Gasteiger partial charge in [0.1, 0.15) is 0 Å². The molecule has 1 aromatic carbocycles. The van der Waals surface area contributed by atoms with Gasteiger partial charge in [-0.15, -0.1) is 0 Å². The summed E-state index contributed by atoms with van der Waals surface area (Å²) in [6.07, 6.45) is 0. The van der Waals surface area contributed by atoms with Crippen LogP contribution < -0.4 is 0 Å². The third-order valence-corrected chi connectivity index (χ3v) is 1.02. The van der Waals surface area contributed by atoms with Crippen LogP contribution in [0, 0.1) is 14.9 Å². The SMILES string of the molecule is [Al+3].[CH3-].[CH3-].[S-]c1ccccc1. The summed E-state index contributed by atoms with van der Waals surface area (Å²) in [7, 11) is 0. The Balaban J connectivity index is -0.000000163. The van der Waals surface area contributed by atoms with Gasteiger partial charge in [0.2, 0.25) is 0 Å². The second-order valence-electron chi connectivity index (χ2n) is 1.31. The van der Waals surface area contributed by atoms with E-state index in [0.717, 1.165) is 4.90 Å². The van der Waals surface area contributed by atoms with Gasteiger partial charge in [0.05, 0.1) is 0 Å². The molecule has 0 N–H and O–H groups in total. The van der Waals surface area contributed by atoms with Gasteiger partial charge >= 0.3 is 17.4 Å². The van der Waals surface area contributed by atoms with E-state index >= 15 is 0 Å². The largest absolute Gasteiger partial charge is 3.00 e. The van der Waals surface area contributed by atoms with Crippen LogP contribution in [0.1, 0.15) is 0 Å². The monoisotopic (exact) mass is 166 g/mol. The molecule has 0 fully saturated rings. The van der Waals surface area contributed by atoms with Crippen molar-refractivity contribution in [3.8, 4) is 0 Å². The first-order chi connectivity index (χ1) is 3.39. The Hall–Kier alpha value is -0.0275. The molecule has 0 amide bonds. The maximum Gasteiger partial charge on any atom is 3.00 e. The number of benzene rings is 1. The molecule has 0 atom stereocenters. The number of rotatable bonds is 0. The van der Waals surface area contributed by atoms with Crippen LogP contribution >= 0.6 is 0 Å². The summed E-state index contributed by atoms with van der Waals surface area (Å²) < 4.78 is 0. The first-order valence-electron chi connectivity index (χ1n) is 2.11. The fraction of sp³-hybridized carbons (Fsp3) is 0. The fourth-order valence-electron chi connectivity index (χ4n) is 0.420. The first kappa shape index (κ1) is 16.5. The molecular formula is C8H11AlS. The summed E-state index contributed by atoms with van der Waals surface area (Å²) in [6, 6.07) is 9.62. The second-order valence-corrected chi connectivity index (χ2v) is 1.78. The molecule has 0 saturated heterocycles. The Labute approximate surface area is 80.2 Å². The summed E-state index contributed by atoms with van der Waals surface area (Å²) in [5.74, 6) is 0. The van der Waals surface area contributed by atoms with E-state index < -0.39 is 0 Å². The van der Waals surface area contributed by atoms with Gasteiger partial charge in [-0.25, -0.2) is 0 Å². The Morgan fingerprint density at radius 3 is 1.50 bits per heavy atom. The van der Waals surface area contributed by atoms with Crippen molar-refractivity contribution in [3.63, 3.8) is 0 Å². The molecule has 0 unspecified atom stereocenters.